The molecule has 0 bridgehead atoms. The Morgan fingerprint density at radius 3 is 2.56 bits per heavy atom. The van der Waals surface area contributed by atoms with Gasteiger partial charge in [0.05, 0.1) is 0 Å². The molecule has 2 amide bonds. The average molecular weight is 386 g/mol. The van der Waals surface area contributed by atoms with Crippen molar-refractivity contribution in [2.75, 3.05) is 6.54 Å². The molecule has 3 rings (SSSR count). The molecule has 1 atom stereocenters. The van der Waals surface area contributed by atoms with Crippen molar-refractivity contribution in [1.82, 2.24) is 15.8 Å². The number of fused-ring (bicyclic) bond motifs is 1. The summed E-state index contributed by atoms with van der Waals surface area (Å²) in [5.41, 5.74) is 4.41. The van der Waals surface area contributed by atoms with E-state index in [1.807, 2.05) is 31.2 Å². The Morgan fingerprint density at radius 1 is 1.11 bits per heavy atom. The molecule has 2 aromatic carbocycles. The van der Waals surface area contributed by atoms with E-state index >= 15 is 0 Å². The van der Waals surface area contributed by atoms with Crippen LogP contribution in [-0.4, -0.2) is 28.6 Å². The fourth-order valence-corrected chi connectivity index (χ4v) is 3.10. The summed E-state index contributed by atoms with van der Waals surface area (Å²) in [6.07, 6.45) is 0.754. The molecule has 0 fully saturated rings. The van der Waals surface area contributed by atoms with E-state index in [9.17, 15) is 9.59 Å². The quantitative estimate of drug-likeness (QED) is 0.386. The predicted octanol–water partition coefficient (Wildman–Crippen LogP) is 3.55. The molecule has 0 spiro atoms. The molecule has 3 aromatic rings. The second-order valence-electron chi connectivity index (χ2n) is 6.57. The van der Waals surface area contributed by atoms with Crippen LogP contribution in [0.25, 0.3) is 10.9 Å². The molecule has 0 saturated carbocycles. The molecule has 7 heteroatoms. The second kappa shape index (κ2) is 8.24. The van der Waals surface area contributed by atoms with E-state index in [1.165, 1.54) is 0 Å². The Hall–Kier alpha value is -2.83. The van der Waals surface area contributed by atoms with Crippen LogP contribution in [0.5, 0.6) is 0 Å². The molecule has 1 unspecified atom stereocenters. The van der Waals surface area contributed by atoms with Gasteiger partial charge in [0.15, 0.2) is 0 Å². The van der Waals surface area contributed by atoms with E-state index in [0.717, 1.165) is 22.9 Å². The Kier molecular flexibility index (Phi) is 5.78. The Balaban J connectivity index is 1.55. The predicted molar refractivity (Wildman–Crippen MR) is 104 cm³/mol. The molecule has 6 nitrogen and oxygen atoms in total. The molecular formula is C20H20ClN3O3. The summed E-state index contributed by atoms with van der Waals surface area (Å²) < 4.78 is 0. The van der Waals surface area contributed by atoms with Crippen molar-refractivity contribution in [3.63, 3.8) is 0 Å². The maximum Gasteiger partial charge on any atom is 0.274 e. The van der Waals surface area contributed by atoms with Crippen LogP contribution >= 0.6 is 11.6 Å². The lowest BCUT2D eigenvalue weighted by atomic mass is 10.00. The van der Waals surface area contributed by atoms with Crippen molar-refractivity contribution in [3.05, 3.63) is 70.4 Å². The van der Waals surface area contributed by atoms with Crippen LogP contribution in [0.1, 0.15) is 33.3 Å². The van der Waals surface area contributed by atoms with E-state index in [-0.39, 0.29) is 11.8 Å². The topological polar surface area (TPSA) is 94.2 Å². The fraction of sp³-hybridized carbons (Fsp3) is 0.200. The third-order valence-electron chi connectivity index (χ3n) is 4.34. The Bertz CT molecular complexity index is 966. The zero-order valence-corrected chi connectivity index (χ0v) is 15.5. The number of hydrogen-bond donors (Lipinski definition) is 4. The molecule has 0 aliphatic heterocycles. The summed E-state index contributed by atoms with van der Waals surface area (Å²) in [6.45, 7) is 2.56. The lowest BCUT2D eigenvalue weighted by Gasteiger charge is -2.12. The average Bonchev–Trinajstić information content (AvgIpc) is 3.09. The first-order chi connectivity index (χ1) is 13.0. The molecule has 4 N–H and O–H groups in total. The van der Waals surface area contributed by atoms with Crippen LogP contribution in [0.15, 0.2) is 48.5 Å². The smallest absolute Gasteiger partial charge is 0.274 e. The normalized spacial score (nSPS) is 12.0. The molecule has 0 saturated heterocycles. The monoisotopic (exact) mass is 385 g/mol. The number of halogens is 1. The van der Waals surface area contributed by atoms with Crippen molar-refractivity contribution >= 4 is 34.3 Å². The Morgan fingerprint density at radius 2 is 1.85 bits per heavy atom. The van der Waals surface area contributed by atoms with Crippen molar-refractivity contribution in [3.8, 4) is 0 Å². The number of benzene rings is 2. The van der Waals surface area contributed by atoms with Gasteiger partial charge >= 0.3 is 0 Å². The Labute approximate surface area is 161 Å². The van der Waals surface area contributed by atoms with Crippen molar-refractivity contribution < 1.29 is 14.8 Å². The van der Waals surface area contributed by atoms with E-state index < -0.39 is 5.91 Å². The number of hydrogen-bond acceptors (Lipinski definition) is 3. The van der Waals surface area contributed by atoms with Crippen molar-refractivity contribution in [2.24, 2.45) is 5.92 Å². The number of carbonyl (C=O) groups is 2. The van der Waals surface area contributed by atoms with Gasteiger partial charge in [-0.3, -0.25) is 14.8 Å². The lowest BCUT2D eigenvalue weighted by Crippen LogP contribution is -2.29. The maximum absolute atomic E-state index is 12.4. The highest BCUT2D eigenvalue weighted by Crippen LogP contribution is 2.20. The van der Waals surface area contributed by atoms with E-state index in [4.69, 9.17) is 16.8 Å². The van der Waals surface area contributed by atoms with Crippen molar-refractivity contribution in [1.29, 1.82) is 0 Å². The van der Waals surface area contributed by atoms with Crippen LogP contribution in [0.3, 0.4) is 0 Å². The summed E-state index contributed by atoms with van der Waals surface area (Å²) in [7, 11) is 0. The number of rotatable bonds is 6. The van der Waals surface area contributed by atoms with Crippen LogP contribution in [-0.2, 0) is 6.42 Å². The molecular weight excluding hydrogens is 366 g/mol. The lowest BCUT2D eigenvalue weighted by molar-refractivity contribution is 0.0706. The molecule has 1 heterocycles. The van der Waals surface area contributed by atoms with Crippen molar-refractivity contribution in [2.45, 2.75) is 13.3 Å². The van der Waals surface area contributed by atoms with Gasteiger partial charge in [0.25, 0.3) is 11.8 Å². The van der Waals surface area contributed by atoms with Gasteiger partial charge in [-0.25, -0.2) is 5.48 Å². The van der Waals surface area contributed by atoms with Crippen LogP contribution < -0.4 is 10.8 Å². The van der Waals surface area contributed by atoms with Gasteiger partial charge in [0, 0.05) is 28.0 Å². The van der Waals surface area contributed by atoms with E-state index in [2.05, 4.69) is 10.3 Å². The summed E-state index contributed by atoms with van der Waals surface area (Å²) in [5, 5.41) is 13.1. The van der Waals surface area contributed by atoms with E-state index in [0.29, 0.717) is 22.8 Å². The standard InChI is InChI=1S/C20H20ClN3O3/c1-12(8-13-2-4-14(5-3-13)19(25)24-27)11-22-20(26)18-10-15-9-16(21)6-7-17(15)23-18/h2-7,9-10,12,23,27H,8,11H2,1H3,(H,22,26)(H,24,25). The summed E-state index contributed by atoms with van der Waals surface area (Å²) in [6, 6.07) is 14.2. The fourth-order valence-electron chi connectivity index (χ4n) is 2.92. The summed E-state index contributed by atoms with van der Waals surface area (Å²) in [4.78, 5) is 26.8. The molecule has 1 aromatic heterocycles. The first-order valence-corrected chi connectivity index (χ1v) is 8.94. The van der Waals surface area contributed by atoms with Gasteiger partial charge in [-0.05, 0) is 54.3 Å². The number of aromatic amines is 1. The molecule has 0 aliphatic rings. The number of nitrogens with one attached hydrogen (secondary N) is 3. The largest absolute Gasteiger partial charge is 0.351 e. The first kappa shape index (κ1) is 18.9. The minimum Gasteiger partial charge on any atom is -0.351 e. The van der Waals surface area contributed by atoms with Crippen LogP contribution in [0.2, 0.25) is 5.02 Å². The minimum absolute atomic E-state index is 0.163. The van der Waals surface area contributed by atoms with Gasteiger partial charge in [0.1, 0.15) is 5.69 Å². The SMILES string of the molecule is CC(CNC(=O)c1cc2cc(Cl)ccc2[nH]1)Cc1ccc(C(=O)NO)cc1. The van der Waals surface area contributed by atoms with E-state index in [1.54, 1.807) is 29.7 Å². The zero-order chi connectivity index (χ0) is 19.4. The third-order valence-corrected chi connectivity index (χ3v) is 4.58. The highest BCUT2D eigenvalue weighted by atomic mass is 35.5. The maximum atomic E-state index is 12.4. The number of amides is 2. The van der Waals surface area contributed by atoms with Gasteiger partial charge in [-0.15, -0.1) is 0 Å². The van der Waals surface area contributed by atoms with Gasteiger partial charge < -0.3 is 10.3 Å². The molecule has 27 heavy (non-hydrogen) atoms. The molecule has 0 aliphatic carbocycles. The third kappa shape index (κ3) is 4.67. The minimum atomic E-state index is -0.540. The van der Waals surface area contributed by atoms with Crippen LogP contribution in [0, 0.1) is 5.92 Å². The highest BCUT2D eigenvalue weighted by molar-refractivity contribution is 6.31. The van der Waals surface area contributed by atoms with Gasteiger partial charge in [-0.2, -0.15) is 0 Å². The summed E-state index contributed by atoms with van der Waals surface area (Å²) in [5.74, 6) is -0.490. The second-order valence-corrected chi connectivity index (χ2v) is 7.01. The molecule has 0 radical (unpaired) electrons. The molecule has 140 valence electrons. The summed E-state index contributed by atoms with van der Waals surface area (Å²) >= 11 is 5.97. The highest BCUT2D eigenvalue weighted by Gasteiger charge is 2.12. The zero-order valence-electron chi connectivity index (χ0n) is 14.8. The van der Waals surface area contributed by atoms with Crippen LogP contribution in [0.4, 0.5) is 0 Å². The van der Waals surface area contributed by atoms with Gasteiger partial charge in [-0.1, -0.05) is 30.7 Å². The number of carbonyl (C=O) groups excluding carboxylic acids is 2. The number of aromatic nitrogens is 1. The number of H-pyrrole nitrogens is 1. The van der Waals surface area contributed by atoms with Gasteiger partial charge in [0.2, 0.25) is 0 Å². The number of hydroxylamine groups is 1. The first-order valence-electron chi connectivity index (χ1n) is 8.56.